The number of fused-ring (bicyclic) bond motifs is 2. The van der Waals surface area contributed by atoms with Crippen LogP contribution >= 0.6 is 0 Å². The van der Waals surface area contributed by atoms with Crippen molar-refractivity contribution in [3.05, 3.63) is 145 Å². The standard InChI is InChI=1S/C21H21NO4S.C17H15NO2S/c1-2-26-21(23)15-22-14-17-8-6-7-16-13-19(11-12-20(16)17)27(24,25)18-9-4-3-5-10-18;18-12-14-6-4-5-13-11-16(9-10-17(13)14)21(19,20)15-7-2-1-3-8-15/h3-13,22H,2,14-15H2,1H3;1-11H,12,18H2. The molecule has 0 aliphatic carbocycles. The molecule has 0 saturated heterocycles. The highest BCUT2D eigenvalue weighted by Gasteiger charge is 2.19. The van der Waals surface area contributed by atoms with Crippen LogP contribution in [0.3, 0.4) is 0 Å². The minimum atomic E-state index is -3.55. The van der Waals surface area contributed by atoms with E-state index in [4.69, 9.17) is 10.5 Å². The Labute approximate surface area is 281 Å². The van der Waals surface area contributed by atoms with Crippen LogP contribution in [0.25, 0.3) is 21.5 Å². The van der Waals surface area contributed by atoms with Gasteiger partial charge < -0.3 is 15.8 Å². The molecule has 0 atom stereocenters. The van der Waals surface area contributed by atoms with Crippen molar-refractivity contribution >= 4 is 47.2 Å². The van der Waals surface area contributed by atoms with Gasteiger partial charge in [-0.2, -0.15) is 0 Å². The molecule has 0 amide bonds. The molecule has 0 unspecified atom stereocenters. The molecule has 8 nitrogen and oxygen atoms in total. The molecule has 0 aliphatic heterocycles. The van der Waals surface area contributed by atoms with E-state index < -0.39 is 19.7 Å². The molecular weight excluding hydrogens is 645 g/mol. The van der Waals surface area contributed by atoms with Gasteiger partial charge in [-0.1, -0.05) is 84.9 Å². The van der Waals surface area contributed by atoms with Crippen molar-refractivity contribution in [3.63, 3.8) is 0 Å². The SMILES string of the molecule is CCOC(=O)CNCc1cccc2cc(S(=O)(=O)c3ccccc3)ccc12.NCc1cccc2cc(S(=O)(=O)c3ccccc3)ccc12. The van der Waals surface area contributed by atoms with Gasteiger partial charge >= 0.3 is 5.97 Å². The molecule has 6 aromatic rings. The number of nitrogens with two attached hydrogens (primary N) is 1. The van der Waals surface area contributed by atoms with Crippen LogP contribution in [0.5, 0.6) is 0 Å². The zero-order valence-electron chi connectivity index (χ0n) is 26.4. The molecule has 6 aromatic carbocycles. The normalized spacial score (nSPS) is 11.5. The van der Waals surface area contributed by atoms with E-state index >= 15 is 0 Å². The number of carbonyl (C=O) groups excluding carboxylic acids is 1. The summed E-state index contributed by atoms with van der Waals surface area (Å²) in [6, 6.07) is 38.6. The van der Waals surface area contributed by atoms with Gasteiger partial charge in [0, 0.05) is 13.1 Å². The highest BCUT2D eigenvalue weighted by molar-refractivity contribution is 7.91. The Balaban J connectivity index is 0.000000194. The van der Waals surface area contributed by atoms with Crippen molar-refractivity contribution in [2.75, 3.05) is 13.2 Å². The number of rotatable bonds is 10. The molecule has 0 radical (unpaired) electrons. The van der Waals surface area contributed by atoms with E-state index in [0.29, 0.717) is 29.5 Å². The maximum Gasteiger partial charge on any atom is 0.319 e. The fourth-order valence-electron chi connectivity index (χ4n) is 5.31. The first-order chi connectivity index (χ1) is 23.1. The van der Waals surface area contributed by atoms with Gasteiger partial charge in [0.1, 0.15) is 0 Å². The molecular formula is C38H36N2O6S2. The van der Waals surface area contributed by atoms with Gasteiger partial charge in [-0.15, -0.1) is 0 Å². The van der Waals surface area contributed by atoms with Crippen LogP contribution in [0.15, 0.2) is 153 Å². The first kappa shape index (κ1) is 34.5. The number of benzene rings is 6. The summed E-state index contributed by atoms with van der Waals surface area (Å²) >= 11 is 0. The minimum Gasteiger partial charge on any atom is -0.465 e. The Hall–Kier alpha value is -4.87. The number of esters is 1. The molecule has 10 heteroatoms. The minimum absolute atomic E-state index is 0.130. The van der Waals surface area contributed by atoms with E-state index in [1.54, 1.807) is 91.9 Å². The van der Waals surface area contributed by atoms with Gasteiger partial charge in [-0.3, -0.25) is 4.79 Å². The zero-order valence-corrected chi connectivity index (χ0v) is 28.0. The molecule has 48 heavy (non-hydrogen) atoms. The van der Waals surface area contributed by atoms with Gasteiger partial charge in [0.25, 0.3) is 0 Å². The lowest BCUT2D eigenvalue weighted by Gasteiger charge is -2.10. The van der Waals surface area contributed by atoms with E-state index in [1.807, 2.05) is 48.5 Å². The first-order valence-electron chi connectivity index (χ1n) is 15.3. The van der Waals surface area contributed by atoms with Crippen LogP contribution in [0.2, 0.25) is 0 Å². The summed E-state index contributed by atoms with van der Waals surface area (Å²) < 4.78 is 55.7. The largest absolute Gasteiger partial charge is 0.465 e. The van der Waals surface area contributed by atoms with Gasteiger partial charge in [-0.25, -0.2) is 16.8 Å². The molecule has 0 fully saturated rings. The fourth-order valence-corrected chi connectivity index (χ4v) is 7.94. The van der Waals surface area contributed by atoms with Crippen molar-refractivity contribution in [3.8, 4) is 0 Å². The second-order valence-corrected chi connectivity index (χ2v) is 14.7. The van der Waals surface area contributed by atoms with E-state index in [-0.39, 0.29) is 22.3 Å². The second-order valence-electron chi connectivity index (χ2n) is 10.8. The van der Waals surface area contributed by atoms with Gasteiger partial charge in [-0.05, 0) is 88.1 Å². The highest BCUT2D eigenvalue weighted by atomic mass is 32.2. The number of nitrogens with one attached hydrogen (secondary N) is 1. The van der Waals surface area contributed by atoms with Crippen molar-refractivity contribution in [1.29, 1.82) is 0 Å². The molecule has 0 aliphatic rings. The number of hydrogen-bond donors (Lipinski definition) is 2. The fraction of sp³-hybridized carbons (Fsp3) is 0.132. The van der Waals surface area contributed by atoms with Gasteiger partial charge in [0.05, 0.1) is 32.7 Å². The van der Waals surface area contributed by atoms with E-state index in [0.717, 1.165) is 32.7 Å². The van der Waals surface area contributed by atoms with E-state index in [2.05, 4.69) is 5.32 Å². The summed E-state index contributed by atoms with van der Waals surface area (Å²) in [5.41, 5.74) is 7.71. The van der Waals surface area contributed by atoms with Gasteiger partial charge in [0.2, 0.25) is 19.7 Å². The zero-order chi connectivity index (χ0) is 34.1. The summed E-state index contributed by atoms with van der Waals surface area (Å²) in [6.45, 7) is 3.17. The summed E-state index contributed by atoms with van der Waals surface area (Å²) in [4.78, 5) is 12.6. The number of sulfone groups is 2. The number of carbonyl (C=O) groups is 1. The van der Waals surface area contributed by atoms with Crippen molar-refractivity contribution < 1.29 is 26.4 Å². The van der Waals surface area contributed by atoms with E-state index in [1.165, 1.54) is 0 Å². The molecule has 0 spiro atoms. The molecule has 0 aromatic heterocycles. The van der Waals surface area contributed by atoms with Crippen LogP contribution in [0, 0.1) is 0 Å². The van der Waals surface area contributed by atoms with E-state index in [9.17, 15) is 21.6 Å². The molecule has 3 N–H and O–H groups in total. The highest BCUT2D eigenvalue weighted by Crippen LogP contribution is 2.28. The van der Waals surface area contributed by atoms with Crippen LogP contribution in [0.1, 0.15) is 18.1 Å². The van der Waals surface area contributed by atoms with Crippen molar-refractivity contribution in [2.45, 2.75) is 39.6 Å². The third kappa shape index (κ3) is 7.80. The smallest absolute Gasteiger partial charge is 0.319 e. The lowest BCUT2D eigenvalue weighted by atomic mass is 10.0. The Morgan fingerprint density at radius 3 is 1.56 bits per heavy atom. The molecule has 0 bridgehead atoms. The maximum atomic E-state index is 12.8. The van der Waals surface area contributed by atoms with Crippen molar-refractivity contribution in [1.82, 2.24) is 5.32 Å². The average Bonchev–Trinajstić information content (AvgIpc) is 3.12. The predicted octanol–water partition coefficient (Wildman–Crippen LogP) is 6.46. The van der Waals surface area contributed by atoms with Crippen molar-refractivity contribution in [2.24, 2.45) is 5.73 Å². The monoisotopic (exact) mass is 680 g/mol. The number of hydrogen-bond acceptors (Lipinski definition) is 8. The van der Waals surface area contributed by atoms with Crippen LogP contribution in [-0.4, -0.2) is 36.0 Å². The summed E-state index contributed by atoms with van der Waals surface area (Å²) in [6.07, 6.45) is 0. The number of ether oxygens (including phenoxy) is 1. The maximum absolute atomic E-state index is 12.8. The topological polar surface area (TPSA) is 133 Å². The Morgan fingerprint density at radius 1 is 0.604 bits per heavy atom. The molecule has 246 valence electrons. The quantitative estimate of drug-likeness (QED) is 0.158. The summed E-state index contributed by atoms with van der Waals surface area (Å²) in [5, 5.41) is 6.71. The Kier molecular flexibility index (Phi) is 11.0. The predicted molar refractivity (Wildman–Crippen MR) is 188 cm³/mol. The molecule has 6 rings (SSSR count). The summed E-state index contributed by atoms with van der Waals surface area (Å²) in [5.74, 6) is -0.297. The second kappa shape index (κ2) is 15.4. The third-order valence-electron chi connectivity index (χ3n) is 7.72. The third-order valence-corrected chi connectivity index (χ3v) is 11.3. The average molecular weight is 681 g/mol. The van der Waals surface area contributed by atoms with Crippen LogP contribution in [0.4, 0.5) is 0 Å². The Morgan fingerprint density at radius 2 is 1.08 bits per heavy atom. The molecule has 0 saturated carbocycles. The van der Waals surface area contributed by atoms with Crippen LogP contribution in [-0.2, 0) is 42.3 Å². The lowest BCUT2D eigenvalue weighted by Crippen LogP contribution is -2.24. The summed E-state index contributed by atoms with van der Waals surface area (Å²) in [7, 11) is -7.04. The Bertz CT molecular complexity index is 2260. The van der Waals surface area contributed by atoms with Gasteiger partial charge in [0.15, 0.2) is 0 Å². The first-order valence-corrected chi connectivity index (χ1v) is 18.3. The lowest BCUT2D eigenvalue weighted by molar-refractivity contribution is -0.142. The molecule has 0 heterocycles. The van der Waals surface area contributed by atoms with Crippen LogP contribution < -0.4 is 11.1 Å².